The smallest absolute Gasteiger partial charge is 0.292 e. The third kappa shape index (κ3) is 4.87. The van der Waals surface area contributed by atoms with Gasteiger partial charge in [0.1, 0.15) is 5.69 Å². The van der Waals surface area contributed by atoms with Gasteiger partial charge < -0.3 is 15.2 Å². The van der Waals surface area contributed by atoms with Gasteiger partial charge in [0, 0.05) is 17.2 Å². The molecule has 10 nitrogen and oxygen atoms in total. The van der Waals surface area contributed by atoms with Gasteiger partial charge in [0.2, 0.25) is 0 Å². The van der Waals surface area contributed by atoms with Crippen LogP contribution in [0.1, 0.15) is 34.1 Å². The minimum Gasteiger partial charge on any atom is -0.493 e. The number of amides is 2. The standard InChI is InChI=1S/C18H20N4O6/c1-3-8-28-15-7-5-12(10-16(15)27-2)18(24)21-20-17(23)11-4-6-13(19)14(9-11)22(25)26/h4-7,9-10H,3,8,19H2,1-2H3,(H,20,23)(H,21,24). The molecule has 0 fully saturated rings. The fourth-order valence-electron chi connectivity index (χ4n) is 2.24. The van der Waals surface area contributed by atoms with Crippen molar-refractivity contribution >= 4 is 23.2 Å². The average Bonchev–Trinajstić information content (AvgIpc) is 2.70. The van der Waals surface area contributed by atoms with Crippen molar-refractivity contribution in [3.63, 3.8) is 0 Å². The van der Waals surface area contributed by atoms with Gasteiger partial charge in [0.05, 0.1) is 18.6 Å². The molecule has 0 aliphatic carbocycles. The highest BCUT2D eigenvalue weighted by atomic mass is 16.6. The van der Waals surface area contributed by atoms with Crippen LogP contribution in [-0.2, 0) is 0 Å². The third-order valence-corrected chi connectivity index (χ3v) is 3.67. The van der Waals surface area contributed by atoms with Crippen LogP contribution in [-0.4, -0.2) is 30.5 Å². The number of nitrogens with two attached hydrogens (primary N) is 1. The molecular weight excluding hydrogens is 368 g/mol. The first kappa shape index (κ1) is 20.5. The Morgan fingerprint density at radius 3 is 2.25 bits per heavy atom. The van der Waals surface area contributed by atoms with Gasteiger partial charge in [-0.1, -0.05) is 6.92 Å². The minimum absolute atomic E-state index is 0.0258. The number of anilines is 1. The van der Waals surface area contributed by atoms with E-state index in [1.54, 1.807) is 6.07 Å². The number of hydrogen-bond acceptors (Lipinski definition) is 7. The number of hydrazine groups is 1. The molecule has 2 aromatic carbocycles. The molecule has 0 saturated heterocycles. The molecule has 0 spiro atoms. The molecule has 0 saturated carbocycles. The number of benzene rings is 2. The van der Waals surface area contributed by atoms with Gasteiger partial charge in [0.25, 0.3) is 17.5 Å². The Labute approximate surface area is 160 Å². The number of carbonyl (C=O) groups is 2. The highest BCUT2D eigenvalue weighted by molar-refractivity contribution is 6.00. The van der Waals surface area contributed by atoms with Crippen molar-refractivity contribution in [3.8, 4) is 11.5 Å². The zero-order chi connectivity index (χ0) is 20.7. The number of methoxy groups -OCH3 is 1. The SMILES string of the molecule is CCCOc1ccc(C(=O)NNC(=O)c2ccc(N)c([N+](=O)[O-])c2)cc1OC. The lowest BCUT2D eigenvalue weighted by atomic mass is 10.1. The Balaban J connectivity index is 2.06. The number of ether oxygens (including phenoxy) is 2. The van der Waals surface area contributed by atoms with Crippen molar-refractivity contribution in [1.82, 2.24) is 10.9 Å². The Morgan fingerprint density at radius 1 is 1.07 bits per heavy atom. The topological polar surface area (TPSA) is 146 Å². The summed E-state index contributed by atoms with van der Waals surface area (Å²) in [4.78, 5) is 34.6. The maximum Gasteiger partial charge on any atom is 0.292 e. The number of carbonyl (C=O) groups excluding carboxylic acids is 2. The normalized spacial score (nSPS) is 10.1. The van der Waals surface area contributed by atoms with Crippen molar-refractivity contribution in [2.45, 2.75) is 13.3 Å². The van der Waals surface area contributed by atoms with Gasteiger partial charge in [-0.15, -0.1) is 0 Å². The minimum atomic E-state index is -0.730. The molecule has 2 rings (SSSR count). The lowest BCUT2D eigenvalue weighted by Crippen LogP contribution is -2.41. The zero-order valence-electron chi connectivity index (χ0n) is 15.4. The molecule has 0 aromatic heterocycles. The van der Waals surface area contributed by atoms with E-state index in [1.165, 1.54) is 31.4 Å². The maximum atomic E-state index is 12.3. The summed E-state index contributed by atoms with van der Waals surface area (Å²) in [5.41, 5.74) is 9.66. The summed E-state index contributed by atoms with van der Waals surface area (Å²) >= 11 is 0. The van der Waals surface area contributed by atoms with Gasteiger partial charge >= 0.3 is 0 Å². The van der Waals surface area contributed by atoms with Gasteiger partial charge in [-0.05, 0) is 36.8 Å². The van der Waals surface area contributed by atoms with Crippen molar-refractivity contribution < 1.29 is 24.0 Å². The van der Waals surface area contributed by atoms with Crippen LogP contribution in [0.4, 0.5) is 11.4 Å². The van der Waals surface area contributed by atoms with Crippen LogP contribution in [0.5, 0.6) is 11.5 Å². The van der Waals surface area contributed by atoms with Crippen LogP contribution in [0.2, 0.25) is 0 Å². The van der Waals surface area contributed by atoms with Crippen LogP contribution in [0, 0.1) is 10.1 Å². The van der Waals surface area contributed by atoms with Gasteiger partial charge in [-0.2, -0.15) is 0 Å². The molecule has 148 valence electrons. The number of nitrogen functional groups attached to an aromatic ring is 1. The van der Waals surface area contributed by atoms with Crippen molar-refractivity contribution in [3.05, 3.63) is 57.6 Å². The summed E-state index contributed by atoms with van der Waals surface area (Å²) in [5.74, 6) is -0.453. The summed E-state index contributed by atoms with van der Waals surface area (Å²) in [7, 11) is 1.45. The number of nitro benzene ring substituents is 1. The molecule has 2 aromatic rings. The molecule has 0 radical (unpaired) electrons. The third-order valence-electron chi connectivity index (χ3n) is 3.67. The molecule has 10 heteroatoms. The molecule has 0 aliphatic rings. The zero-order valence-corrected chi connectivity index (χ0v) is 15.4. The Morgan fingerprint density at radius 2 is 1.68 bits per heavy atom. The van der Waals surface area contributed by atoms with E-state index in [9.17, 15) is 19.7 Å². The second-order valence-corrected chi connectivity index (χ2v) is 5.65. The molecule has 28 heavy (non-hydrogen) atoms. The van der Waals surface area contributed by atoms with E-state index >= 15 is 0 Å². The van der Waals surface area contributed by atoms with Crippen molar-refractivity contribution in [2.24, 2.45) is 0 Å². The summed E-state index contributed by atoms with van der Waals surface area (Å²) < 4.78 is 10.7. The quantitative estimate of drug-likeness (QED) is 0.374. The van der Waals surface area contributed by atoms with Crippen LogP contribution in [0.25, 0.3) is 0 Å². The first-order valence-corrected chi connectivity index (χ1v) is 8.32. The van der Waals surface area contributed by atoms with Gasteiger partial charge in [-0.25, -0.2) is 0 Å². The van der Waals surface area contributed by atoms with E-state index in [2.05, 4.69) is 10.9 Å². The molecule has 0 atom stereocenters. The van der Waals surface area contributed by atoms with Crippen LogP contribution in [0.15, 0.2) is 36.4 Å². The molecule has 4 N–H and O–H groups in total. The Kier molecular flexibility index (Phi) is 6.74. The largest absolute Gasteiger partial charge is 0.493 e. The number of hydrogen-bond donors (Lipinski definition) is 3. The monoisotopic (exact) mass is 388 g/mol. The first-order valence-electron chi connectivity index (χ1n) is 8.32. The van der Waals surface area contributed by atoms with E-state index < -0.39 is 22.4 Å². The second kappa shape index (κ2) is 9.21. The average molecular weight is 388 g/mol. The summed E-state index contributed by atoms with van der Waals surface area (Å²) in [6.07, 6.45) is 0.820. The number of nitrogens with zero attached hydrogens (tertiary/aromatic N) is 1. The summed E-state index contributed by atoms with van der Waals surface area (Å²) in [6.45, 7) is 2.47. The van der Waals surface area contributed by atoms with E-state index in [4.69, 9.17) is 15.2 Å². The van der Waals surface area contributed by atoms with Crippen molar-refractivity contribution in [2.75, 3.05) is 19.5 Å². The molecule has 0 heterocycles. The van der Waals surface area contributed by atoms with Gasteiger partial charge in [0.15, 0.2) is 11.5 Å². The number of rotatable bonds is 7. The summed E-state index contributed by atoms with van der Waals surface area (Å²) in [6, 6.07) is 8.17. The fraction of sp³-hybridized carbons (Fsp3) is 0.222. The molecule has 0 aliphatic heterocycles. The molecule has 0 bridgehead atoms. The predicted molar refractivity (Wildman–Crippen MR) is 101 cm³/mol. The van der Waals surface area contributed by atoms with Crippen LogP contribution < -0.4 is 26.1 Å². The van der Waals surface area contributed by atoms with Crippen molar-refractivity contribution in [1.29, 1.82) is 0 Å². The van der Waals surface area contributed by atoms with E-state index in [1.807, 2.05) is 6.92 Å². The van der Waals surface area contributed by atoms with E-state index in [0.29, 0.717) is 18.1 Å². The summed E-state index contributed by atoms with van der Waals surface area (Å²) in [5, 5.41) is 10.9. The molecule has 0 unspecified atom stereocenters. The predicted octanol–water partition coefficient (Wildman–Crippen LogP) is 2.05. The molecule has 2 amide bonds. The lowest BCUT2D eigenvalue weighted by Gasteiger charge is -2.12. The highest BCUT2D eigenvalue weighted by Crippen LogP contribution is 2.28. The molecular formula is C18H20N4O6. The Hall–Kier alpha value is -3.82. The lowest BCUT2D eigenvalue weighted by molar-refractivity contribution is -0.383. The first-order chi connectivity index (χ1) is 13.4. The fourth-order valence-corrected chi connectivity index (χ4v) is 2.24. The Bertz CT molecular complexity index is 900. The van der Waals surface area contributed by atoms with E-state index in [-0.39, 0.29) is 16.8 Å². The maximum absolute atomic E-state index is 12.3. The second-order valence-electron chi connectivity index (χ2n) is 5.65. The van der Waals surface area contributed by atoms with E-state index in [0.717, 1.165) is 12.5 Å². The van der Waals surface area contributed by atoms with Gasteiger partial charge in [-0.3, -0.25) is 30.6 Å². The van der Waals surface area contributed by atoms with Crippen LogP contribution in [0.3, 0.4) is 0 Å². The number of nitrogens with one attached hydrogen (secondary N) is 2. The number of nitro groups is 1. The van der Waals surface area contributed by atoms with Crippen LogP contribution >= 0.6 is 0 Å². The highest BCUT2D eigenvalue weighted by Gasteiger charge is 2.17.